The Morgan fingerprint density at radius 1 is 0.714 bits per heavy atom. The average Bonchev–Trinajstić information content (AvgIpc) is 3.80. The second-order valence-corrected chi connectivity index (χ2v) is 17.4. The minimum atomic E-state index is -3.65. The summed E-state index contributed by atoms with van der Waals surface area (Å²) in [6.07, 6.45) is 7.69. The van der Waals surface area contributed by atoms with Crippen LogP contribution in [-0.2, 0) is 16.3 Å². The monoisotopic (exact) mass is 758 g/mol. The van der Waals surface area contributed by atoms with E-state index in [9.17, 15) is 8.42 Å². The number of rotatable bonds is 11. The van der Waals surface area contributed by atoms with E-state index in [4.69, 9.17) is 14.8 Å². The Labute approximate surface area is 329 Å². The summed E-state index contributed by atoms with van der Waals surface area (Å²) in [7, 11) is -3.65. The van der Waals surface area contributed by atoms with Gasteiger partial charge >= 0.3 is 0 Å². The molecule has 0 fully saturated rings. The van der Waals surface area contributed by atoms with Crippen molar-refractivity contribution >= 4 is 31.6 Å². The van der Waals surface area contributed by atoms with Crippen molar-refractivity contribution in [1.82, 2.24) is 19.3 Å². The Hall–Kier alpha value is -5.99. The molecule has 8 rings (SSSR count). The van der Waals surface area contributed by atoms with Crippen LogP contribution >= 0.6 is 0 Å². The van der Waals surface area contributed by atoms with Crippen molar-refractivity contribution in [1.29, 1.82) is 0 Å². The second-order valence-electron chi connectivity index (χ2n) is 15.4. The molecule has 3 heterocycles. The van der Waals surface area contributed by atoms with E-state index in [1.54, 1.807) is 36.4 Å². The molecule has 0 amide bonds. The maximum Gasteiger partial charge on any atom is 0.206 e. The van der Waals surface area contributed by atoms with Gasteiger partial charge in [-0.1, -0.05) is 64.1 Å². The molecule has 0 aliphatic heterocycles. The van der Waals surface area contributed by atoms with Crippen LogP contribution < -0.4 is 4.74 Å². The number of sulfone groups is 1. The molecule has 0 bridgehead atoms. The van der Waals surface area contributed by atoms with Crippen LogP contribution in [0, 0.1) is 19.8 Å². The zero-order chi connectivity index (χ0) is 39.1. The van der Waals surface area contributed by atoms with Crippen LogP contribution in [0.15, 0.2) is 144 Å². The normalized spacial score (nSPS) is 12.0. The van der Waals surface area contributed by atoms with E-state index in [-0.39, 0.29) is 9.79 Å². The van der Waals surface area contributed by atoms with Crippen LogP contribution in [0.1, 0.15) is 62.3 Å². The van der Waals surface area contributed by atoms with Gasteiger partial charge in [0.2, 0.25) is 9.84 Å². The number of para-hydroxylation sites is 1. The van der Waals surface area contributed by atoms with Crippen molar-refractivity contribution in [2.45, 2.75) is 70.1 Å². The van der Waals surface area contributed by atoms with Gasteiger partial charge in [0.05, 0.1) is 32.7 Å². The van der Waals surface area contributed by atoms with Gasteiger partial charge in [-0.3, -0.25) is 4.57 Å². The van der Waals surface area contributed by atoms with Crippen molar-refractivity contribution in [2.75, 3.05) is 0 Å². The van der Waals surface area contributed by atoms with E-state index < -0.39 is 9.84 Å². The predicted octanol–water partition coefficient (Wildman–Crippen LogP) is 12.0. The summed E-state index contributed by atoms with van der Waals surface area (Å²) >= 11 is 0. The summed E-state index contributed by atoms with van der Waals surface area (Å²) in [5.41, 5.74) is 9.02. The highest BCUT2D eigenvalue weighted by molar-refractivity contribution is 7.91. The standard InChI is InChI=1S/C48H46N4O3S/c1-31(2)16-17-35-24-38(51-30-37(29-50-51)48-33(5)22-42(23-34(48)6)56(53,54)41-12-8-7-9-13-41)27-40(25-35)55-39-18-19-44-43-14-10-11-15-45(43)52(46(44)28-39)47-26-36(32(3)4)20-21-49-47/h7-15,18-32H,16-17H2,1-6H3. The van der Waals surface area contributed by atoms with E-state index in [1.165, 1.54) is 5.56 Å². The van der Waals surface area contributed by atoms with Gasteiger partial charge in [0.15, 0.2) is 0 Å². The summed E-state index contributed by atoms with van der Waals surface area (Å²) in [6.45, 7) is 12.8. The molecule has 0 unspecified atom stereocenters. The van der Waals surface area contributed by atoms with Crippen LogP contribution in [0.25, 0.3) is 44.4 Å². The summed E-state index contributed by atoms with van der Waals surface area (Å²) in [6, 6.07) is 37.4. The molecule has 0 saturated carbocycles. The third kappa shape index (κ3) is 7.13. The van der Waals surface area contributed by atoms with Gasteiger partial charge in [0.1, 0.15) is 17.3 Å². The molecule has 282 valence electrons. The zero-order valence-corrected chi connectivity index (χ0v) is 33.5. The molecule has 0 atom stereocenters. The molecule has 0 N–H and O–H groups in total. The summed E-state index contributed by atoms with van der Waals surface area (Å²) < 4.78 is 37.7. The van der Waals surface area contributed by atoms with Crippen molar-refractivity contribution in [3.05, 3.63) is 156 Å². The topological polar surface area (TPSA) is 79.0 Å². The fourth-order valence-corrected chi connectivity index (χ4v) is 9.06. The number of fused-ring (bicyclic) bond motifs is 3. The minimum Gasteiger partial charge on any atom is -0.457 e. The molecule has 56 heavy (non-hydrogen) atoms. The number of pyridine rings is 1. The fourth-order valence-electron chi connectivity index (χ4n) is 7.61. The summed E-state index contributed by atoms with van der Waals surface area (Å²) in [4.78, 5) is 5.39. The molecule has 0 aliphatic carbocycles. The Bertz CT molecular complexity index is 2810. The van der Waals surface area contributed by atoms with Gasteiger partial charge in [0.25, 0.3) is 0 Å². The Balaban J connectivity index is 1.16. The van der Waals surface area contributed by atoms with Crippen molar-refractivity contribution < 1.29 is 13.2 Å². The second kappa shape index (κ2) is 14.9. The van der Waals surface area contributed by atoms with Crippen LogP contribution in [-0.4, -0.2) is 27.7 Å². The molecule has 0 spiro atoms. The summed E-state index contributed by atoms with van der Waals surface area (Å²) in [5, 5.41) is 7.11. The average molecular weight is 759 g/mol. The van der Waals surface area contributed by atoms with Crippen LogP contribution in [0.5, 0.6) is 11.5 Å². The minimum absolute atomic E-state index is 0.283. The molecule has 8 heteroatoms. The van der Waals surface area contributed by atoms with E-state index in [0.29, 0.717) is 11.8 Å². The fraction of sp³-hybridized carbons (Fsp3) is 0.208. The molecule has 8 aromatic rings. The highest BCUT2D eigenvalue weighted by Gasteiger charge is 2.21. The number of nitrogens with zero attached hydrogens (tertiary/aromatic N) is 4. The number of ether oxygens (including phenoxy) is 1. The van der Waals surface area contributed by atoms with E-state index in [2.05, 4.69) is 92.9 Å². The van der Waals surface area contributed by atoms with E-state index >= 15 is 0 Å². The maximum atomic E-state index is 13.5. The van der Waals surface area contributed by atoms with Crippen LogP contribution in [0.3, 0.4) is 0 Å². The highest BCUT2D eigenvalue weighted by atomic mass is 32.2. The van der Waals surface area contributed by atoms with Gasteiger partial charge in [0, 0.05) is 40.9 Å². The van der Waals surface area contributed by atoms with Gasteiger partial charge in [-0.15, -0.1) is 0 Å². The van der Waals surface area contributed by atoms with Crippen molar-refractivity contribution in [3.63, 3.8) is 0 Å². The first-order valence-corrected chi connectivity index (χ1v) is 20.7. The third-order valence-electron chi connectivity index (χ3n) is 10.5. The highest BCUT2D eigenvalue weighted by Crippen LogP contribution is 2.37. The lowest BCUT2D eigenvalue weighted by atomic mass is 9.98. The SMILES string of the molecule is Cc1cc(S(=O)(=O)c2ccccc2)cc(C)c1-c1cnn(-c2cc(CCC(C)C)cc(Oc3ccc4c5ccccc5n(-c5cc(C(C)C)ccn5)c4c3)c2)c1. The predicted molar refractivity (Wildman–Crippen MR) is 226 cm³/mol. The molecule has 0 saturated heterocycles. The van der Waals surface area contributed by atoms with Crippen LogP contribution in [0.2, 0.25) is 0 Å². The van der Waals surface area contributed by atoms with Gasteiger partial charge < -0.3 is 4.74 Å². The Morgan fingerprint density at radius 2 is 1.45 bits per heavy atom. The number of benzene rings is 5. The van der Waals surface area contributed by atoms with Gasteiger partial charge in [-0.2, -0.15) is 5.10 Å². The van der Waals surface area contributed by atoms with Crippen molar-refractivity contribution in [3.8, 4) is 34.1 Å². The van der Waals surface area contributed by atoms with E-state index in [0.717, 1.165) is 85.5 Å². The number of hydrogen-bond acceptors (Lipinski definition) is 5. The number of aryl methyl sites for hydroxylation is 3. The van der Waals surface area contributed by atoms with E-state index in [1.807, 2.05) is 55.3 Å². The van der Waals surface area contributed by atoms with Gasteiger partial charge in [-0.25, -0.2) is 18.1 Å². The molecular formula is C48H46N4O3S. The quantitative estimate of drug-likeness (QED) is 0.131. The molecule has 0 radical (unpaired) electrons. The lowest BCUT2D eigenvalue weighted by molar-refractivity contribution is 0.481. The molecular weight excluding hydrogens is 713 g/mol. The summed E-state index contributed by atoms with van der Waals surface area (Å²) in [5.74, 6) is 3.26. The van der Waals surface area contributed by atoms with Gasteiger partial charge in [-0.05, 0) is 133 Å². The lowest BCUT2D eigenvalue weighted by Crippen LogP contribution is -2.03. The third-order valence-corrected chi connectivity index (χ3v) is 12.3. The maximum absolute atomic E-state index is 13.5. The number of aromatic nitrogens is 4. The first kappa shape index (κ1) is 37.0. The van der Waals surface area contributed by atoms with Crippen LogP contribution in [0.4, 0.5) is 0 Å². The molecule has 3 aromatic heterocycles. The zero-order valence-electron chi connectivity index (χ0n) is 32.7. The molecule has 7 nitrogen and oxygen atoms in total. The first-order chi connectivity index (χ1) is 27.0. The largest absolute Gasteiger partial charge is 0.457 e. The number of hydrogen-bond donors (Lipinski definition) is 0. The smallest absolute Gasteiger partial charge is 0.206 e. The van der Waals surface area contributed by atoms with Crippen molar-refractivity contribution in [2.24, 2.45) is 5.92 Å². The molecule has 5 aromatic carbocycles. The lowest BCUT2D eigenvalue weighted by Gasteiger charge is -2.14. The Morgan fingerprint density at radius 3 is 2.20 bits per heavy atom. The Kier molecular flexibility index (Phi) is 9.85. The molecule has 0 aliphatic rings. The first-order valence-electron chi connectivity index (χ1n) is 19.2.